The van der Waals surface area contributed by atoms with Crippen molar-refractivity contribution in [1.82, 2.24) is 0 Å². The molecule has 0 radical (unpaired) electrons. The first-order valence-electron chi connectivity index (χ1n) is 5.49. The molecule has 0 aliphatic carbocycles. The van der Waals surface area contributed by atoms with E-state index < -0.39 is 11.9 Å². The van der Waals surface area contributed by atoms with Crippen LogP contribution in [-0.4, -0.2) is 12.2 Å². The van der Waals surface area contributed by atoms with Crippen molar-refractivity contribution in [2.24, 2.45) is 0 Å². The van der Waals surface area contributed by atoms with Crippen molar-refractivity contribution in [3.63, 3.8) is 0 Å². The molecule has 1 N–H and O–H groups in total. The third-order valence-corrected chi connectivity index (χ3v) is 3.32. The van der Waals surface area contributed by atoms with Gasteiger partial charge in [0.1, 0.15) is 17.7 Å². The standard InChI is InChI=1S/C14H11Cl2FO2/c1-19-13-5-2-8(15)6-11(13)14(18)10-7-9(17)3-4-12(10)16/h2-7,14,18H,1H3. The molecule has 1 atom stereocenters. The number of hydrogen-bond acceptors (Lipinski definition) is 2. The van der Waals surface area contributed by atoms with Crippen LogP contribution < -0.4 is 4.74 Å². The molecule has 0 spiro atoms. The summed E-state index contributed by atoms with van der Waals surface area (Å²) in [5, 5.41) is 11.1. The third kappa shape index (κ3) is 3.00. The van der Waals surface area contributed by atoms with E-state index in [0.717, 1.165) is 0 Å². The summed E-state index contributed by atoms with van der Waals surface area (Å²) in [4.78, 5) is 0. The summed E-state index contributed by atoms with van der Waals surface area (Å²) in [7, 11) is 1.48. The number of benzene rings is 2. The molecule has 0 amide bonds. The normalized spacial score (nSPS) is 12.3. The van der Waals surface area contributed by atoms with Crippen LogP contribution in [0.4, 0.5) is 4.39 Å². The van der Waals surface area contributed by atoms with Gasteiger partial charge in [-0.15, -0.1) is 0 Å². The molecule has 5 heteroatoms. The Bertz CT molecular complexity index is 602. The van der Waals surface area contributed by atoms with Crippen LogP contribution in [0, 0.1) is 5.82 Å². The summed E-state index contributed by atoms with van der Waals surface area (Å²) in [5.41, 5.74) is 0.699. The van der Waals surface area contributed by atoms with E-state index in [-0.39, 0.29) is 10.6 Å². The van der Waals surface area contributed by atoms with E-state index >= 15 is 0 Å². The van der Waals surface area contributed by atoms with Crippen LogP contribution in [0.5, 0.6) is 5.75 Å². The van der Waals surface area contributed by atoms with E-state index in [0.29, 0.717) is 16.3 Å². The topological polar surface area (TPSA) is 29.5 Å². The number of halogens is 3. The number of ether oxygens (including phenoxy) is 1. The smallest absolute Gasteiger partial charge is 0.125 e. The number of aliphatic hydroxyl groups is 1. The summed E-state index contributed by atoms with van der Waals surface area (Å²) in [6, 6.07) is 8.65. The van der Waals surface area contributed by atoms with Gasteiger partial charge in [0.15, 0.2) is 0 Å². The maximum absolute atomic E-state index is 13.3. The highest BCUT2D eigenvalue weighted by Crippen LogP contribution is 2.35. The molecule has 0 fully saturated rings. The van der Waals surface area contributed by atoms with Crippen LogP contribution in [0.25, 0.3) is 0 Å². The highest BCUT2D eigenvalue weighted by molar-refractivity contribution is 6.31. The van der Waals surface area contributed by atoms with Gasteiger partial charge in [0.25, 0.3) is 0 Å². The number of rotatable bonds is 3. The Morgan fingerprint density at radius 3 is 2.53 bits per heavy atom. The van der Waals surface area contributed by atoms with Crippen LogP contribution in [-0.2, 0) is 0 Å². The number of hydrogen-bond donors (Lipinski definition) is 1. The maximum atomic E-state index is 13.3. The lowest BCUT2D eigenvalue weighted by molar-refractivity contribution is 0.214. The van der Waals surface area contributed by atoms with Gasteiger partial charge < -0.3 is 9.84 Å². The lowest BCUT2D eigenvalue weighted by Gasteiger charge is -2.16. The Morgan fingerprint density at radius 2 is 1.84 bits per heavy atom. The van der Waals surface area contributed by atoms with Crippen LogP contribution in [0.3, 0.4) is 0 Å². The first-order chi connectivity index (χ1) is 9.02. The van der Waals surface area contributed by atoms with E-state index in [1.807, 2.05) is 0 Å². The average molecular weight is 301 g/mol. The first-order valence-corrected chi connectivity index (χ1v) is 6.25. The molecule has 0 saturated heterocycles. The summed E-state index contributed by atoms with van der Waals surface area (Å²) in [5.74, 6) is -0.0170. The zero-order valence-electron chi connectivity index (χ0n) is 10.0. The molecular weight excluding hydrogens is 290 g/mol. The predicted octanol–water partition coefficient (Wildman–Crippen LogP) is 4.22. The Balaban J connectivity index is 2.51. The van der Waals surface area contributed by atoms with Gasteiger partial charge in [0.05, 0.1) is 7.11 Å². The highest BCUT2D eigenvalue weighted by Gasteiger charge is 2.19. The van der Waals surface area contributed by atoms with Crippen molar-refractivity contribution in [3.05, 3.63) is 63.4 Å². The summed E-state index contributed by atoms with van der Waals surface area (Å²) < 4.78 is 18.4. The van der Waals surface area contributed by atoms with Gasteiger partial charge in [-0.2, -0.15) is 0 Å². The third-order valence-electron chi connectivity index (χ3n) is 2.74. The summed E-state index contributed by atoms with van der Waals surface area (Å²) in [6.45, 7) is 0. The van der Waals surface area contributed by atoms with Crippen molar-refractivity contribution < 1.29 is 14.2 Å². The lowest BCUT2D eigenvalue weighted by atomic mass is 10.0. The van der Waals surface area contributed by atoms with Crippen molar-refractivity contribution in [1.29, 1.82) is 0 Å². The molecule has 0 aromatic heterocycles. The summed E-state index contributed by atoms with van der Waals surface area (Å²) in [6.07, 6.45) is -1.11. The Morgan fingerprint density at radius 1 is 1.11 bits per heavy atom. The Kier molecular flexibility index (Phi) is 4.30. The number of methoxy groups -OCH3 is 1. The van der Waals surface area contributed by atoms with Crippen molar-refractivity contribution in [2.75, 3.05) is 7.11 Å². The van der Waals surface area contributed by atoms with Gasteiger partial charge in [0, 0.05) is 21.2 Å². The minimum atomic E-state index is -1.11. The molecule has 100 valence electrons. The van der Waals surface area contributed by atoms with Gasteiger partial charge in [-0.3, -0.25) is 0 Å². The fourth-order valence-electron chi connectivity index (χ4n) is 1.81. The van der Waals surface area contributed by atoms with E-state index in [2.05, 4.69) is 0 Å². The van der Waals surface area contributed by atoms with Crippen molar-refractivity contribution in [3.8, 4) is 5.75 Å². The summed E-state index contributed by atoms with van der Waals surface area (Å²) >= 11 is 11.9. The highest BCUT2D eigenvalue weighted by atomic mass is 35.5. The first kappa shape index (κ1) is 14.1. The second kappa shape index (κ2) is 5.78. The molecule has 19 heavy (non-hydrogen) atoms. The molecule has 2 rings (SSSR count). The van der Waals surface area contributed by atoms with E-state index in [4.69, 9.17) is 27.9 Å². The van der Waals surface area contributed by atoms with Crippen LogP contribution >= 0.6 is 23.2 Å². The fraction of sp³-hybridized carbons (Fsp3) is 0.143. The van der Waals surface area contributed by atoms with Crippen LogP contribution in [0.1, 0.15) is 17.2 Å². The second-order valence-corrected chi connectivity index (χ2v) is 4.80. The molecule has 1 unspecified atom stereocenters. The molecule has 0 aliphatic rings. The zero-order chi connectivity index (χ0) is 14.0. The Labute approximate surface area is 120 Å². The van der Waals surface area contributed by atoms with Gasteiger partial charge in [-0.1, -0.05) is 23.2 Å². The largest absolute Gasteiger partial charge is 0.496 e. The van der Waals surface area contributed by atoms with E-state index in [1.165, 1.54) is 25.3 Å². The molecule has 2 aromatic rings. The predicted molar refractivity (Wildman–Crippen MR) is 73.5 cm³/mol. The Hall–Kier alpha value is -1.29. The molecule has 2 nitrogen and oxygen atoms in total. The zero-order valence-corrected chi connectivity index (χ0v) is 11.5. The molecule has 0 saturated carbocycles. The van der Waals surface area contributed by atoms with Crippen LogP contribution in [0.15, 0.2) is 36.4 Å². The van der Waals surface area contributed by atoms with Gasteiger partial charge in [0.2, 0.25) is 0 Å². The SMILES string of the molecule is COc1ccc(Cl)cc1C(O)c1cc(F)ccc1Cl. The molecular formula is C14H11Cl2FO2. The minimum Gasteiger partial charge on any atom is -0.496 e. The van der Waals surface area contributed by atoms with Crippen molar-refractivity contribution >= 4 is 23.2 Å². The van der Waals surface area contributed by atoms with Gasteiger partial charge in [-0.05, 0) is 36.4 Å². The van der Waals surface area contributed by atoms with Crippen LogP contribution in [0.2, 0.25) is 10.0 Å². The lowest BCUT2D eigenvalue weighted by Crippen LogP contribution is -2.03. The fourth-order valence-corrected chi connectivity index (χ4v) is 2.21. The quantitative estimate of drug-likeness (QED) is 0.919. The van der Waals surface area contributed by atoms with E-state index in [1.54, 1.807) is 18.2 Å². The monoisotopic (exact) mass is 300 g/mol. The molecule has 2 aromatic carbocycles. The average Bonchev–Trinajstić information content (AvgIpc) is 2.40. The maximum Gasteiger partial charge on any atom is 0.125 e. The molecule has 0 heterocycles. The molecule has 0 bridgehead atoms. The van der Waals surface area contributed by atoms with Gasteiger partial charge >= 0.3 is 0 Å². The minimum absolute atomic E-state index is 0.266. The second-order valence-electron chi connectivity index (χ2n) is 3.95. The van der Waals surface area contributed by atoms with E-state index in [9.17, 15) is 9.50 Å². The van der Waals surface area contributed by atoms with Gasteiger partial charge in [-0.25, -0.2) is 4.39 Å². The molecule has 0 aliphatic heterocycles. The van der Waals surface area contributed by atoms with Crippen molar-refractivity contribution in [2.45, 2.75) is 6.10 Å². The number of aliphatic hydroxyl groups excluding tert-OH is 1.